The van der Waals surface area contributed by atoms with Crippen LogP contribution in [0.4, 0.5) is 5.69 Å². The quantitative estimate of drug-likeness (QED) is 0.671. The van der Waals surface area contributed by atoms with E-state index in [-0.39, 0.29) is 18.0 Å². The van der Waals surface area contributed by atoms with E-state index in [9.17, 15) is 9.59 Å². The van der Waals surface area contributed by atoms with Crippen LogP contribution in [0.25, 0.3) is 5.82 Å². The topological polar surface area (TPSA) is 76.3 Å². The van der Waals surface area contributed by atoms with Crippen LogP contribution in [0.1, 0.15) is 11.4 Å². The van der Waals surface area contributed by atoms with Crippen LogP contribution in [0.15, 0.2) is 53.3 Å². The molecule has 8 nitrogen and oxygen atoms in total. The number of carbonyl (C=O) groups excluding carboxylic acids is 1. The third-order valence-corrected chi connectivity index (χ3v) is 5.12. The van der Waals surface area contributed by atoms with Gasteiger partial charge in [0.05, 0.1) is 5.69 Å². The zero-order valence-electron chi connectivity index (χ0n) is 16.7. The largest absolute Gasteiger partial charge is 0.368 e. The first-order valence-electron chi connectivity index (χ1n) is 9.71. The first-order valence-corrected chi connectivity index (χ1v) is 9.71. The Kier molecular flexibility index (Phi) is 5.16. The number of piperazine rings is 1. The summed E-state index contributed by atoms with van der Waals surface area (Å²) in [4.78, 5) is 29.1. The molecule has 0 aliphatic carbocycles. The van der Waals surface area contributed by atoms with Crippen molar-refractivity contribution < 1.29 is 4.79 Å². The van der Waals surface area contributed by atoms with Gasteiger partial charge in [-0.1, -0.05) is 18.2 Å². The number of nitrogens with zero attached hydrogens (tertiary/aromatic N) is 6. The van der Waals surface area contributed by atoms with Gasteiger partial charge in [-0.3, -0.25) is 9.59 Å². The Morgan fingerprint density at radius 2 is 1.69 bits per heavy atom. The van der Waals surface area contributed by atoms with Gasteiger partial charge in [-0.2, -0.15) is 5.10 Å². The van der Waals surface area contributed by atoms with Crippen LogP contribution < -0.4 is 10.5 Å². The molecule has 1 amide bonds. The molecule has 0 unspecified atom stereocenters. The van der Waals surface area contributed by atoms with E-state index in [0.29, 0.717) is 18.9 Å². The van der Waals surface area contributed by atoms with Gasteiger partial charge in [-0.25, -0.2) is 9.36 Å². The lowest BCUT2D eigenvalue weighted by Gasteiger charge is -2.36. The third-order valence-electron chi connectivity index (χ3n) is 5.12. The number of amides is 1. The van der Waals surface area contributed by atoms with Crippen molar-refractivity contribution in [1.82, 2.24) is 24.5 Å². The van der Waals surface area contributed by atoms with Gasteiger partial charge in [0.2, 0.25) is 5.91 Å². The third kappa shape index (κ3) is 4.06. The van der Waals surface area contributed by atoms with Crippen molar-refractivity contribution in [2.45, 2.75) is 20.4 Å². The van der Waals surface area contributed by atoms with Crippen LogP contribution in [-0.2, 0) is 11.3 Å². The molecule has 0 saturated carbocycles. The maximum Gasteiger partial charge on any atom is 0.267 e. The van der Waals surface area contributed by atoms with E-state index in [1.165, 1.54) is 10.7 Å². The van der Waals surface area contributed by atoms with E-state index in [1.54, 1.807) is 15.6 Å². The number of aromatic nitrogens is 4. The van der Waals surface area contributed by atoms with Gasteiger partial charge in [0.1, 0.15) is 6.54 Å². The molecule has 1 aromatic carbocycles. The van der Waals surface area contributed by atoms with E-state index in [1.807, 2.05) is 38.1 Å². The van der Waals surface area contributed by atoms with Crippen LogP contribution in [-0.4, -0.2) is 56.5 Å². The summed E-state index contributed by atoms with van der Waals surface area (Å²) in [7, 11) is 0. The van der Waals surface area contributed by atoms with Crippen molar-refractivity contribution >= 4 is 11.6 Å². The fourth-order valence-electron chi connectivity index (χ4n) is 3.61. The van der Waals surface area contributed by atoms with Gasteiger partial charge < -0.3 is 9.80 Å². The Bertz CT molecular complexity index is 1060. The van der Waals surface area contributed by atoms with Gasteiger partial charge in [0, 0.05) is 43.6 Å². The Morgan fingerprint density at radius 1 is 0.966 bits per heavy atom. The van der Waals surface area contributed by atoms with E-state index in [2.05, 4.69) is 27.2 Å². The van der Waals surface area contributed by atoms with E-state index < -0.39 is 0 Å². The first kappa shape index (κ1) is 18.9. The van der Waals surface area contributed by atoms with Crippen LogP contribution >= 0.6 is 0 Å². The standard InChI is InChI=1S/C21H24N6O2/c1-16-14-17(2)27(22-16)19-8-9-20(28)26(23-19)15-21(29)25-12-10-24(11-13-25)18-6-4-3-5-7-18/h3-9,14H,10-13,15H2,1-2H3. The molecule has 1 fully saturated rings. The molecule has 0 N–H and O–H groups in total. The second kappa shape index (κ2) is 7.90. The fourth-order valence-corrected chi connectivity index (χ4v) is 3.61. The number of carbonyl (C=O) groups is 1. The number of para-hydroxylation sites is 1. The van der Waals surface area contributed by atoms with Crippen LogP contribution in [0.2, 0.25) is 0 Å². The van der Waals surface area contributed by atoms with Crippen molar-refractivity contribution in [3.05, 3.63) is 70.3 Å². The summed E-state index contributed by atoms with van der Waals surface area (Å²) in [5.74, 6) is 0.426. The number of benzene rings is 1. The number of hydrogen-bond donors (Lipinski definition) is 0. The van der Waals surface area contributed by atoms with Gasteiger partial charge >= 0.3 is 0 Å². The molecule has 0 radical (unpaired) electrons. The number of hydrogen-bond acceptors (Lipinski definition) is 5. The predicted molar refractivity (Wildman–Crippen MR) is 110 cm³/mol. The summed E-state index contributed by atoms with van der Waals surface area (Å²) < 4.78 is 2.89. The van der Waals surface area contributed by atoms with E-state index in [0.717, 1.165) is 30.2 Å². The minimum atomic E-state index is -0.299. The molecular weight excluding hydrogens is 368 g/mol. The Morgan fingerprint density at radius 3 is 2.34 bits per heavy atom. The van der Waals surface area contributed by atoms with Crippen LogP contribution in [0.3, 0.4) is 0 Å². The van der Waals surface area contributed by atoms with Gasteiger partial charge in [0.15, 0.2) is 5.82 Å². The van der Waals surface area contributed by atoms with Gasteiger partial charge in [0.25, 0.3) is 5.56 Å². The molecular formula is C21H24N6O2. The van der Waals surface area contributed by atoms with Crippen molar-refractivity contribution in [3.8, 4) is 5.82 Å². The fraction of sp³-hybridized carbons (Fsp3) is 0.333. The molecule has 8 heteroatoms. The number of aryl methyl sites for hydroxylation is 2. The number of anilines is 1. The Balaban J connectivity index is 1.44. The minimum Gasteiger partial charge on any atom is -0.368 e. The highest BCUT2D eigenvalue weighted by Crippen LogP contribution is 2.15. The van der Waals surface area contributed by atoms with Crippen molar-refractivity contribution in [2.24, 2.45) is 0 Å². The van der Waals surface area contributed by atoms with Gasteiger partial charge in [-0.15, -0.1) is 5.10 Å². The summed E-state index contributed by atoms with van der Waals surface area (Å²) in [5.41, 5.74) is 2.65. The summed E-state index contributed by atoms with van der Waals surface area (Å²) in [6.45, 7) is 6.54. The summed E-state index contributed by atoms with van der Waals surface area (Å²) in [5, 5.41) is 8.76. The average molecular weight is 392 g/mol. The lowest BCUT2D eigenvalue weighted by molar-refractivity contribution is -0.132. The molecule has 0 atom stereocenters. The van der Waals surface area contributed by atoms with Crippen LogP contribution in [0, 0.1) is 13.8 Å². The summed E-state index contributed by atoms with van der Waals surface area (Å²) in [6.07, 6.45) is 0. The highest BCUT2D eigenvalue weighted by atomic mass is 16.2. The normalized spacial score (nSPS) is 14.3. The second-order valence-electron chi connectivity index (χ2n) is 7.23. The Hall–Kier alpha value is -3.42. The maximum absolute atomic E-state index is 12.8. The number of rotatable bonds is 4. The van der Waals surface area contributed by atoms with E-state index in [4.69, 9.17) is 0 Å². The molecule has 4 rings (SSSR count). The molecule has 150 valence electrons. The summed E-state index contributed by atoms with van der Waals surface area (Å²) >= 11 is 0. The monoisotopic (exact) mass is 392 g/mol. The Labute approximate surface area is 169 Å². The molecule has 0 bridgehead atoms. The predicted octanol–water partition coefficient (Wildman–Crippen LogP) is 1.39. The highest BCUT2D eigenvalue weighted by Gasteiger charge is 2.22. The highest BCUT2D eigenvalue weighted by molar-refractivity contribution is 5.76. The second-order valence-corrected chi connectivity index (χ2v) is 7.23. The molecule has 29 heavy (non-hydrogen) atoms. The molecule has 2 aromatic heterocycles. The molecule has 0 spiro atoms. The maximum atomic E-state index is 12.8. The molecule has 1 aliphatic rings. The van der Waals surface area contributed by atoms with Crippen molar-refractivity contribution in [1.29, 1.82) is 0 Å². The lowest BCUT2D eigenvalue weighted by atomic mass is 10.2. The van der Waals surface area contributed by atoms with E-state index >= 15 is 0 Å². The first-order chi connectivity index (χ1) is 14.0. The van der Waals surface area contributed by atoms with Crippen molar-refractivity contribution in [3.63, 3.8) is 0 Å². The minimum absolute atomic E-state index is 0.0721. The van der Waals surface area contributed by atoms with Crippen LogP contribution in [0.5, 0.6) is 0 Å². The van der Waals surface area contributed by atoms with Crippen molar-refractivity contribution in [2.75, 3.05) is 31.1 Å². The molecule has 3 heterocycles. The average Bonchev–Trinajstić information content (AvgIpc) is 3.08. The molecule has 1 aliphatic heterocycles. The smallest absolute Gasteiger partial charge is 0.267 e. The summed E-state index contributed by atoms with van der Waals surface area (Å²) in [6, 6.07) is 15.2. The zero-order valence-corrected chi connectivity index (χ0v) is 16.7. The van der Waals surface area contributed by atoms with Gasteiger partial charge in [-0.05, 0) is 38.1 Å². The zero-order chi connectivity index (χ0) is 20.4. The lowest BCUT2D eigenvalue weighted by Crippen LogP contribution is -2.50. The SMILES string of the molecule is Cc1cc(C)n(-c2ccc(=O)n(CC(=O)N3CCN(c4ccccc4)CC3)n2)n1. The molecule has 1 saturated heterocycles. The molecule has 3 aromatic rings.